The lowest BCUT2D eigenvalue weighted by atomic mass is 9.91. The van der Waals surface area contributed by atoms with Gasteiger partial charge in [0, 0.05) is 32.3 Å². The number of hydrogen-bond acceptors (Lipinski definition) is 6. The summed E-state index contributed by atoms with van der Waals surface area (Å²) in [5.74, 6) is 0.349. The summed E-state index contributed by atoms with van der Waals surface area (Å²) < 4.78 is 0. The van der Waals surface area contributed by atoms with E-state index in [1.54, 1.807) is 17.2 Å². The molecule has 0 saturated carbocycles. The van der Waals surface area contributed by atoms with Crippen molar-refractivity contribution in [3.63, 3.8) is 0 Å². The molecule has 1 N–H and O–H groups in total. The number of aliphatic hydroxyl groups excluding tert-OH is 1. The summed E-state index contributed by atoms with van der Waals surface area (Å²) in [7, 11) is 0. The number of pyridine rings is 1. The summed E-state index contributed by atoms with van der Waals surface area (Å²) in [6.07, 6.45) is 3.00. The Morgan fingerprint density at radius 3 is 2.88 bits per heavy atom. The lowest BCUT2D eigenvalue weighted by Crippen LogP contribution is -2.42. The van der Waals surface area contributed by atoms with Gasteiger partial charge in [0.25, 0.3) is 5.70 Å². The van der Waals surface area contributed by atoms with E-state index in [9.17, 15) is 15.2 Å². The Kier molecular flexibility index (Phi) is 4.91. The van der Waals surface area contributed by atoms with Crippen LogP contribution < -0.4 is 0 Å². The molecular formula is C16H21ClN4O3. The standard InChI is InChI=1S/C16H21ClN4O3/c1-2-3-12-8-14(22)20-7-6-19(16(20)15(12)21(23)24)10-11-4-5-13(17)18-9-11/h4-5,9,12,14,22H,2-3,6-8,10H2,1H3/t12-,14-/m1/s1. The number of aromatic nitrogens is 1. The van der Waals surface area contributed by atoms with E-state index in [1.165, 1.54) is 0 Å². The summed E-state index contributed by atoms with van der Waals surface area (Å²) in [6, 6.07) is 3.58. The van der Waals surface area contributed by atoms with Crippen LogP contribution in [0.15, 0.2) is 29.8 Å². The molecule has 0 aliphatic carbocycles. The van der Waals surface area contributed by atoms with E-state index < -0.39 is 6.23 Å². The monoisotopic (exact) mass is 352 g/mol. The zero-order valence-corrected chi connectivity index (χ0v) is 14.3. The van der Waals surface area contributed by atoms with Gasteiger partial charge in [-0.25, -0.2) is 4.98 Å². The van der Waals surface area contributed by atoms with Gasteiger partial charge in [0.1, 0.15) is 11.4 Å². The maximum Gasteiger partial charge on any atom is 0.289 e. The summed E-state index contributed by atoms with van der Waals surface area (Å²) in [4.78, 5) is 19.2. The Morgan fingerprint density at radius 1 is 1.46 bits per heavy atom. The highest BCUT2D eigenvalue weighted by Gasteiger charge is 2.45. The first kappa shape index (κ1) is 17.0. The number of hydrogen-bond donors (Lipinski definition) is 1. The third kappa shape index (κ3) is 3.18. The topological polar surface area (TPSA) is 82.7 Å². The van der Waals surface area contributed by atoms with Crippen LogP contribution in [0.3, 0.4) is 0 Å². The molecule has 130 valence electrons. The van der Waals surface area contributed by atoms with E-state index >= 15 is 0 Å². The lowest BCUT2D eigenvalue weighted by molar-refractivity contribution is -0.440. The van der Waals surface area contributed by atoms with E-state index in [1.807, 2.05) is 17.9 Å². The second-order valence-electron chi connectivity index (χ2n) is 6.27. The summed E-state index contributed by atoms with van der Waals surface area (Å²) >= 11 is 5.81. The van der Waals surface area contributed by atoms with Crippen molar-refractivity contribution in [3.8, 4) is 0 Å². The molecule has 0 bridgehead atoms. The molecule has 0 unspecified atom stereocenters. The smallest absolute Gasteiger partial charge is 0.289 e. The van der Waals surface area contributed by atoms with Gasteiger partial charge in [-0.15, -0.1) is 0 Å². The third-order valence-electron chi connectivity index (χ3n) is 4.65. The van der Waals surface area contributed by atoms with E-state index in [4.69, 9.17) is 11.6 Å². The van der Waals surface area contributed by atoms with Gasteiger partial charge < -0.3 is 14.9 Å². The Morgan fingerprint density at radius 2 is 2.25 bits per heavy atom. The van der Waals surface area contributed by atoms with Crippen molar-refractivity contribution in [1.82, 2.24) is 14.8 Å². The van der Waals surface area contributed by atoms with Gasteiger partial charge >= 0.3 is 0 Å². The molecule has 2 aliphatic rings. The van der Waals surface area contributed by atoms with Gasteiger partial charge in [0.15, 0.2) is 5.82 Å². The van der Waals surface area contributed by atoms with Gasteiger partial charge in [-0.1, -0.05) is 31.0 Å². The van der Waals surface area contributed by atoms with Crippen LogP contribution in [0.1, 0.15) is 31.7 Å². The highest BCUT2D eigenvalue weighted by atomic mass is 35.5. The van der Waals surface area contributed by atoms with Crippen molar-refractivity contribution >= 4 is 11.6 Å². The summed E-state index contributed by atoms with van der Waals surface area (Å²) in [5, 5.41) is 22.5. The maximum atomic E-state index is 11.7. The minimum absolute atomic E-state index is 0.213. The normalized spacial score (nSPS) is 23.6. The molecule has 1 fully saturated rings. The highest BCUT2D eigenvalue weighted by molar-refractivity contribution is 6.29. The zero-order chi connectivity index (χ0) is 17.3. The van der Waals surface area contributed by atoms with Gasteiger partial charge in [0.05, 0.1) is 10.8 Å². The van der Waals surface area contributed by atoms with Crippen molar-refractivity contribution in [2.24, 2.45) is 5.92 Å². The molecule has 8 heteroatoms. The van der Waals surface area contributed by atoms with Crippen molar-refractivity contribution in [2.45, 2.75) is 39.0 Å². The summed E-state index contributed by atoms with van der Waals surface area (Å²) in [6.45, 7) is 3.75. The first-order chi connectivity index (χ1) is 11.5. The average molecular weight is 353 g/mol. The largest absolute Gasteiger partial charge is 0.374 e. The lowest BCUT2D eigenvalue weighted by Gasteiger charge is -2.35. The molecule has 2 atom stereocenters. The van der Waals surface area contributed by atoms with Gasteiger partial charge in [0.2, 0.25) is 0 Å². The fraction of sp³-hybridized carbons (Fsp3) is 0.562. The molecule has 7 nitrogen and oxygen atoms in total. The number of aliphatic hydroxyl groups is 1. The Bertz CT molecular complexity index is 649. The number of allylic oxidation sites excluding steroid dienone is 1. The molecule has 2 aliphatic heterocycles. The van der Waals surface area contributed by atoms with Crippen LogP contribution >= 0.6 is 11.6 Å². The van der Waals surface area contributed by atoms with Crippen LogP contribution in [0.25, 0.3) is 0 Å². The molecule has 0 amide bonds. The number of fused-ring (bicyclic) bond motifs is 1. The Balaban J connectivity index is 1.94. The zero-order valence-electron chi connectivity index (χ0n) is 13.6. The molecule has 24 heavy (non-hydrogen) atoms. The molecule has 1 aromatic heterocycles. The maximum absolute atomic E-state index is 11.7. The van der Waals surface area contributed by atoms with Crippen molar-refractivity contribution in [1.29, 1.82) is 0 Å². The molecule has 3 heterocycles. The Labute approximate surface area is 145 Å². The second kappa shape index (κ2) is 6.94. The first-order valence-corrected chi connectivity index (χ1v) is 8.57. The van der Waals surface area contributed by atoms with Gasteiger partial charge in [-0.05, 0) is 18.1 Å². The number of rotatable bonds is 5. The Hall–Kier alpha value is -1.86. The number of nitrogens with zero attached hydrogens (tertiary/aromatic N) is 4. The third-order valence-corrected chi connectivity index (χ3v) is 4.87. The van der Waals surface area contributed by atoms with E-state index in [0.29, 0.717) is 43.4 Å². The van der Waals surface area contributed by atoms with Crippen LogP contribution in [0.5, 0.6) is 0 Å². The van der Waals surface area contributed by atoms with Crippen molar-refractivity contribution < 1.29 is 10.0 Å². The van der Waals surface area contributed by atoms with Crippen LogP contribution in [-0.2, 0) is 6.54 Å². The minimum atomic E-state index is -0.659. The van der Waals surface area contributed by atoms with Crippen molar-refractivity contribution in [3.05, 3.63) is 50.7 Å². The van der Waals surface area contributed by atoms with Crippen molar-refractivity contribution in [2.75, 3.05) is 13.1 Å². The molecular weight excluding hydrogens is 332 g/mol. The average Bonchev–Trinajstić information content (AvgIpc) is 2.94. The molecule has 0 aromatic carbocycles. The molecule has 0 radical (unpaired) electrons. The van der Waals surface area contributed by atoms with Crippen LogP contribution in [-0.4, -0.2) is 44.1 Å². The predicted octanol–water partition coefficient (Wildman–Crippen LogP) is 2.44. The van der Waals surface area contributed by atoms with Crippen LogP contribution in [0.2, 0.25) is 5.15 Å². The summed E-state index contributed by atoms with van der Waals surface area (Å²) in [5.41, 5.74) is 1.17. The molecule has 3 rings (SSSR count). The SMILES string of the molecule is CCC[C@@H]1C[C@@H](O)N2CCN(Cc3ccc(Cl)nc3)C2=C1[N+](=O)[O-]. The fourth-order valence-electron chi connectivity index (χ4n) is 3.61. The highest BCUT2D eigenvalue weighted by Crippen LogP contribution is 2.38. The van der Waals surface area contributed by atoms with Crippen LogP contribution in [0.4, 0.5) is 0 Å². The number of nitro groups is 1. The minimum Gasteiger partial charge on any atom is -0.374 e. The molecule has 0 spiro atoms. The first-order valence-electron chi connectivity index (χ1n) is 8.20. The predicted molar refractivity (Wildman–Crippen MR) is 89.4 cm³/mol. The van der Waals surface area contributed by atoms with Crippen LogP contribution in [0, 0.1) is 16.0 Å². The molecule has 1 aromatic rings. The van der Waals surface area contributed by atoms with E-state index in [-0.39, 0.29) is 16.5 Å². The van der Waals surface area contributed by atoms with E-state index in [2.05, 4.69) is 4.98 Å². The number of halogens is 1. The van der Waals surface area contributed by atoms with Gasteiger partial charge in [-0.2, -0.15) is 0 Å². The quantitative estimate of drug-likeness (QED) is 0.498. The van der Waals surface area contributed by atoms with Gasteiger partial charge in [-0.3, -0.25) is 10.1 Å². The second-order valence-corrected chi connectivity index (χ2v) is 6.66. The molecule has 1 saturated heterocycles. The van der Waals surface area contributed by atoms with E-state index in [0.717, 1.165) is 12.0 Å². The fourth-order valence-corrected chi connectivity index (χ4v) is 3.72.